The average molecular weight is 778 g/mol. The molecule has 0 bridgehead atoms. The van der Waals surface area contributed by atoms with Gasteiger partial charge in [-0.15, -0.1) is 0 Å². The molecule has 0 fully saturated rings. The third kappa shape index (κ3) is 11.1. The average Bonchev–Trinajstić information content (AvgIpc) is 3.37. The van der Waals surface area contributed by atoms with Crippen molar-refractivity contribution in [3.8, 4) is 67.2 Å². The fourth-order valence-electron chi connectivity index (χ4n) is 6.06. The van der Waals surface area contributed by atoms with Gasteiger partial charge in [0, 0.05) is 143 Å². The summed E-state index contributed by atoms with van der Waals surface area (Å²) in [7, 11) is 0. The van der Waals surface area contributed by atoms with Crippen molar-refractivity contribution in [3.63, 3.8) is 0 Å². The molecule has 0 saturated heterocycles. The van der Waals surface area contributed by atoms with Crippen LogP contribution in [-0.4, -0.2) is 44.9 Å². The second-order valence-corrected chi connectivity index (χ2v) is 12.8. The van der Waals surface area contributed by atoms with E-state index in [-0.39, 0.29) is 0 Å². The van der Waals surface area contributed by atoms with Crippen molar-refractivity contribution in [1.82, 2.24) is 44.9 Å². The summed E-state index contributed by atoms with van der Waals surface area (Å²) in [5.74, 6) is 0. The molecule has 9 nitrogen and oxygen atoms in total. The molecule has 10 aromatic rings. The summed E-state index contributed by atoms with van der Waals surface area (Å²) in [5.41, 5.74) is 12.2. The van der Waals surface area contributed by atoms with Crippen LogP contribution < -0.4 is 0 Å². The van der Waals surface area contributed by atoms with Crippen LogP contribution in [0.1, 0.15) is 0 Å². The third-order valence-corrected chi connectivity index (χ3v) is 8.81. The van der Waals surface area contributed by atoms with E-state index in [4.69, 9.17) is 0 Å². The maximum atomic E-state index is 4.46. The SMILES string of the molecule is c1ccccc1.c1cncc(-c2cccnc2-c2cccnc2)c1.c1cncc(-c2cccnc2-c2cccnc2)c1.c1cncc(-c2cccnc2-c2cccnc2)c1. The van der Waals surface area contributed by atoms with Crippen LogP contribution in [-0.2, 0) is 0 Å². The molecule has 0 aliphatic carbocycles. The lowest BCUT2D eigenvalue weighted by Crippen LogP contribution is -1.89. The zero-order valence-electron chi connectivity index (χ0n) is 32.5. The van der Waals surface area contributed by atoms with Crippen LogP contribution in [0.25, 0.3) is 67.2 Å². The molecule has 1 aromatic carbocycles. The predicted octanol–water partition coefficient (Wildman–Crippen LogP) is 11.3. The van der Waals surface area contributed by atoms with Crippen LogP contribution in [0.2, 0.25) is 0 Å². The van der Waals surface area contributed by atoms with Crippen LogP contribution in [0.5, 0.6) is 0 Å². The molecule has 0 spiro atoms. The van der Waals surface area contributed by atoms with Crippen molar-refractivity contribution < 1.29 is 0 Å². The number of aromatic nitrogens is 9. The first-order valence-corrected chi connectivity index (χ1v) is 19.1. The topological polar surface area (TPSA) is 116 Å². The summed E-state index contributed by atoms with van der Waals surface area (Å²) in [6.45, 7) is 0. The monoisotopic (exact) mass is 777 g/mol. The Morgan fingerprint density at radius 3 is 0.633 bits per heavy atom. The number of nitrogens with zero attached hydrogens (tertiary/aromatic N) is 9. The summed E-state index contributed by atoms with van der Waals surface area (Å²) in [6.07, 6.45) is 27.0. The largest absolute Gasteiger partial charge is 0.264 e. The minimum Gasteiger partial charge on any atom is -0.264 e. The van der Waals surface area contributed by atoms with E-state index in [2.05, 4.69) is 44.9 Å². The summed E-state index contributed by atoms with van der Waals surface area (Å²) in [6, 6.07) is 47.6. The van der Waals surface area contributed by atoms with E-state index in [9.17, 15) is 0 Å². The molecule has 0 aliphatic heterocycles. The fraction of sp³-hybridized carbons (Fsp3) is 0. The van der Waals surface area contributed by atoms with E-state index in [1.54, 1.807) is 55.8 Å². The second-order valence-electron chi connectivity index (χ2n) is 12.8. The molecule has 60 heavy (non-hydrogen) atoms. The molecule has 10 rings (SSSR count). The first-order chi connectivity index (χ1) is 29.8. The lowest BCUT2D eigenvalue weighted by molar-refractivity contribution is 1.27. The molecule has 9 aromatic heterocycles. The van der Waals surface area contributed by atoms with Gasteiger partial charge in [-0.25, -0.2) is 0 Å². The van der Waals surface area contributed by atoms with Gasteiger partial charge in [0.2, 0.25) is 0 Å². The lowest BCUT2D eigenvalue weighted by atomic mass is 10.0. The Balaban J connectivity index is 0.000000127. The Bertz CT molecular complexity index is 2250. The van der Waals surface area contributed by atoms with E-state index < -0.39 is 0 Å². The zero-order chi connectivity index (χ0) is 40.9. The van der Waals surface area contributed by atoms with Crippen LogP contribution in [0.3, 0.4) is 0 Å². The second kappa shape index (κ2) is 21.8. The van der Waals surface area contributed by atoms with Crippen LogP contribution >= 0.6 is 0 Å². The molecule has 0 aliphatic rings. The molecule has 9 heterocycles. The molecule has 0 unspecified atom stereocenters. The summed E-state index contributed by atoms with van der Waals surface area (Å²) in [4.78, 5) is 38.3. The first kappa shape index (κ1) is 39.8. The van der Waals surface area contributed by atoms with Gasteiger partial charge < -0.3 is 0 Å². The van der Waals surface area contributed by atoms with Crippen molar-refractivity contribution >= 4 is 0 Å². The van der Waals surface area contributed by atoms with E-state index in [0.29, 0.717) is 0 Å². The molecule has 0 N–H and O–H groups in total. The Morgan fingerprint density at radius 2 is 0.417 bits per heavy atom. The van der Waals surface area contributed by atoms with Crippen molar-refractivity contribution in [2.75, 3.05) is 0 Å². The highest BCUT2D eigenvalue weighted by Gasteiger charge is 2.10. The predicted molar refractivity (Wildman–Crippen MR) is 239 cm³/mol. The lowest BCUT2D eigenvalue weighted by Gasteiger charge is -2.07. The zero-order valence-corrected chi connectivity index (χ0v) is 32.5. The Hall–Kier alpha value is -8.43. The molecule has 0 atom stereocenters. The van der Waals surface area contributed by atoms with Gasteiger partial charge in [-0.2, -0.15) is 0 Å². The number of hydrogen-bond donors (Lipinski definition) is 0. The minimum atomic E-state index is 0.929. The van der Waals surface area contributed by atoms with Gasteiger partial charge in [0.15, 0.2) is 0 Å². The number of rotatable bonds is 6. The Morgan fingerprint density at radius 1 is 0.200 bits per heavy atom. The van der Waals surface area contributed by atoms with E-state index >= 15 is 0 Å². The smallest absolute Gasteiger partial charge is 0.0796 e. The van der Waals surface area contributed by atoms with Gasteiger partial charge in [-0.05, 0) is 72.8 Å². The standard InChI is InChI=1S/3C15H11N3.C6H6/c3*1-4-12(10-16-7-1)14-6-3-9-18-15(14)13-5-2-8-17-11-13;1-2-4-6-5-3-1/h3*1-11H;1-6H. The summed E-state index contributed by atoms with van der Waals surface area (Å²) in [5, 5.41) is 0. The van der Waals surface area contributed by atoms with E-state index in [1.165, 1.54) is 0 Å². The highest BCUT2D eigenvalue weighted by atomic mass is 14.7. The summed E-state index contributed by atoms with van der Waals surface area (Å²) < 4.78 is 0. The molecule has 9 heteroatoms. The van der Waals surface area contributed by atoms with Gasteiger partial charge in [0.05, 0.1) is 17.1 Å². The van der Waals surface area contributed by atoms with E-state index in [0.717, 1.165) is 67.2 Å². The maximum absolute atomic E-state index is 4.46. The number of hydrogen-bond acceptors (Lipinski definition) is 9. The van der Waals surface area contributed by atoms with Gasteiger partial charge in [0.25, 0.3) is 0 Å². The highest BCUT2D eigenvalue weighted by molar-refractivity contribution is 5.81. The van der Waals surface area contributed by atoms with Crippen molar-refractivity contribution in [2.45, 2.75) is 0 Å². The van der Waals surface area contributed by atoms with Crippen LogP contribution in [0, 0.1) is 0 Å². The first-order valence-electron chi connectivity index (χ1n) is 19.1. The molecule has 0 saturated carbocycles. The molecule has 0 amide bonds. The quantitative estimate of drug-likeness (QED) is 0.163. The van der Waals surface area contributed by atoms with Crippen molar-refractivity contribution in [3.05, 3.63) is 239 Å². The molecule has 0 radical (unpaired) electrons. The molecular weight excluding hydrogens is 739 g/mol. The minimum absolute atomic E-state index is 0.929. The maximum Gasteiger partial charge on any atom is 0.0796 e. The van der Waals surface area contributed by atoms with Crippen molar-refractivity contribution in [1.29, 1.82) is 0 Å². The number of benzene rings is 1. The van der Waals surface area contributed by atoms with Gasteiger partial charge in [-0.1, -0.05) is 72.8 Å². The highest BCUT2D eigenvalue weighted by Crippen LogP contribution is 2.31. The molecule has 288 valence electrons. The fourth-order valence-corrected chi connectivity index (χ4v) is 6.06. The molecular formula is C51H39N9. The van der Waals surface area contributed by atoms with E-state index in [1.807, 2.05) is 183 Å². The summed E-state index contributed by atoms with van der Waals surface area (Å²) >= 11 is 0. The van der Waals surface area contributed by atoms with Gasteiger partial charge in [-0.3, -0.25) is 44.9 Å². The van der Waals surface area contributed by atoms with Crippen molar-refractivity contribution in [2.24, 2.45) is 0 Å². The normalized spacial score (nSPS) is 10.0. The van der Waals surface area contributed by atoms with Gasteiger partial charge in [0.1, 0.15) is 0 Å². The van der Waals surface area contributed by atoms with Gasteiger partial charge >= 0.3 is 0 Å². The Labute approximate surface area is 349 Å². The Kier molecular flexibility index (Phi) is 14.4. The third-order valence-electron chi connectivity index (χ3n) is 8.81. The van der Waals surface area contributed by atoms with Crippen LogP contribution in [0.15, 0.2) is 239 Å². The number of pyridine rings is 9. The van der Waals surface area contributed by atoms with Crippen LogP contribution in [0.4, 0.5) is 0 Å².